The maximum atomic E-state index is 11.7. The fraction of sp³-hybridized carbons (Fsp3) is 0.778. The number of likely N-dealkylation sites (tertiary alicyclic amines) is 1. The average molecular weight is 358 g/mol. The first-order valence-electron chi connectivity index (χ1n) is 5.60. The molecule has 1 aliphatic rings. The maximum absolute atomic E-state index is 11.7. The number of carbonyl (C=O) groups is 1. The number of nitrogens with zero attached hydrogens (tertiary/aromatic N) is 2. The van der Waals surface area contributed by atoms with Crippen LogP contribution in [0.25, 0.3) is 0 Å². The SMILES string of the molecule is CN(CCOP(=O)(O)O)C(=N)N1CC(CBr)CC1=O. The summed E-state index contributed by atoms with van der Waals surface area (Å²) in [6.45, 7) is 0.381. The van der Waals surface area contributed by atoms with Crippen molar-refractivity contribution in [3.05, 3.63) is 0 Å². The molecule has 0 aromatic heterocycles. The third kappa shape index (κ3) is 5.19. The number of carbonyl (C=O) groups excluding carboxylic acids is 1. The number of likely N-dealkylation sites (N-methyl/N-ethyl adjacent to an activating group) is 1. The molecular weight excluding hydrogens is 341 g/mol. The van der Waals surface area contributed by atoms with Gasteiger partial charge in [-0.1, -0.05) is 15.9 Å². The monoisotopic (exact) mass is 357 g/mol. The molecule has 1 heterocycles. The second-order valence-corrected chi connectivity index (χ2v) is 6.18. The Hall–Kier alpha value is -0.470. The zero-order valence-corrected chi connectivity index (χ0v) is 12.9. The van der Waals surface area contributed by atoms with Crippen molar-refractivity contribution >= 4 is 35.6 Å². The van der Waals surface area contributed by atoms with Crippen molar-refractivity contribution in [1.29, 1.82) is 5.41 Å². The predicted molar refractivity (Wildman–Crippen MR) is 72.0 cm³/mol. The number of nitrogens with one attached hydrogen (secondary N) is 1. The summed E-state index contributed by atoms with van der Waals surface area (Å²) in [6.07, 6.45) is 0.403. The molecule has 1 fully saturated rings. The van der Waals surface area contributed by atoms with Gasteiger partial charge in [-0.2, -0.15) is 0 Å². The van der Waals surface area contributed by atoms with E-state index in [4.69, 9.17) is 15.2 Å². The molecule has 0 aromatic carbocycles. The topological polar surface area (TPSA) is 114 Å². The first-order chi connectivity index (χ1) is 8.74. The van der Waals surface area contributed by atoms with Gasteiger partial charge in [0.2, 0.25) is 5.91 Å². The lowest BCUT2D eigenvalue weighted by molar-refractivity contribution is -0.124. The average Bonchev–Trinajstić information content (AvgIpc) is 2.67. The lowest BCUT2D eigenvalue weighted by atomic mass is 10.2. The van der Waals surface area contributed by atoms with Gasteiger partial charge in [-0.05, 0) is 5.92 Å². The van der Waals surface area contributed by atoms with Crippen LogP contribution >= 0.6 is 23.8 Å². The molecule has 0 bridgehead atoms. The molecular formula is C9H17BrN3O5P. The standard InChI is InChI=1S/C9H17BrN3O5P/c1-12(2-3-18-19(15,16)17)9(11)13-6-7(5-10)4-8(13)14/h7,11H,2-6H2,1H3,(H2,15,16,17). The van der Waals surface area contributed by atoms with Crippen LogP contribution in [0.3, 0.4) is 0 Å². The molecule has 0 spiro atoms. The first-order valence-corrected chi connectivity index (χ1v) is 8.26. The van der Waals surface area contributed by atoms with E-state index in [1.807, 2.05) is 0 Å². The van der Waals surface area contributed by atoms with Crippen LogP contribution in [0.4, 0.5) is 0 Å². The van der Waals surface area contributed by atoms with Crippen molar-refractivity contribution in [1.82, 2.24) is 9.80 Å². The van der Waals surface area contributed by atoms with Gasteiger partial charge in [0, 0.05) is 31.9 Å². The minimum absolute atomic E-state index is 0.0164. The minimum atomic E-state index is -4.49. The van der Waals surface area contributed by atoms with Crippen molar-refractivity contribution in [2.75, 3.05) is 32.1 Å². The number of alkyl halides is 1. The number of hydrogen-bond donors (Lipinski definition) is 3. The Kier molecular flexibility index (Phi) is 5.94. The Morgan fingerprint density at radius 1 is 1.68 bits per heavy atom. The third-order valence-electron chi connectivity index (χ3n) is 2.73. The fourth-order valence-corrected chi connectivity index (χ4v) is 2.45. The summed E-state index contributed by atoms with van der Waals surface area (Å²) >= 11 is 3.31. The molecule has 1 rings (SSSR count). The van der Waals surface area contributed by atoms with Gasteiger partial charge in [0.25, 0.3) is 0 Å². The summed E-state index contributed by atoms with van der Waals surface area (Å²) in [6, 6.07) is 0. The first kappa shape index (κ1) is 16.6. The van der Waals surface area contributed by atoms with Gasteiger partial charge in [0.15, 0.2) is 5.96 Å². The molecule has 3 N–H and O–H groups in total. The molecule has 1 atom stereocenters. The molecule has 1 aliphatic heterocycles. The molecule has 1 unspecified atom stereocenters. The number of halogens is 1. The number of guanidine groups is 1. The zero-order valence-electron chi connectivity index (χ0n) is 10.5. The molecule has 1 saturated heterocycles. The van der Waals surface area contributed by atoms with Crippen molar-refractivity contribution in [2.45, 2.75) is 6.42 Å². The maximum Gasteiger partial charge on any atom is 0.469 e. The highest BCUT2D eigenvalue weighted by atomic mass is 79.9. The summed E-state index contributed by atoms with van der Waals surface area (Å²) in [7, 11) is -2.92. The lowest BCUT2D eigenvalue weighted by Gasteiger charge is -2.26. The smallest absolute Gasteiger partial charge is 0.343 e. The number of amides is 1. The van der Waals surface area contributed by atoms with Crippen molar-refractivity contribution in [3.8, 4) is 0 Å². The van der Waals surface area contributed by atoms with Crippen LogP contribution in [0.2, 0.25) is 0 Å². The van der Waals surface area contributed by atoms with Crippen LogP contribution in [-0.4, -0.2) is 63.5 Å². The fourth-order valence-electron chi connectivity index (χ4n) is 1.70. The van der Waals surface area contributed by atoms with E-state index in [0.717, 1.165) is 0 Å². The molecule has 19 heavy (non-hydrogen) atoms. The van der Waals surface area contributed by atoms with E-state index in [0.29, 0.717) is 18.3 Å². The van der Waals surface area contributed by atoms with Crippen LogP contribution in [0.1, 0.15) is 6.42 Å². The van der Waals surface area contributed by atoms with Crippen molar-refractivity contribution in [2.24, 2.45) is 5.92 Å². The third-order valence-corrected chi connectivity index (χ3v) is 4.16. The summed E-state index contributed by atoms with van der Waals surface area (Å²) in [5.41, 5.74) is 0. The highest BCUT2D eigenvalue weighted by Crippen LogP contribution is 2.35. The van der Waals surface area contributed by atoms with Gasteiger partial charge in [-0.3, -0.25) is 19.6 Å². The summed E-state index contributed by atoms with van der Waals surface area (Å²) in [4.78, 5) is 31.6. The Morgan fingerprint density at radius 2 is 2.32 bits per heavy atom. The van der Waals surface area contributed by atoms with Gasteiger partial charge in [-0.25, -0.2) is 4.57 Å². The molecule has 1 amide bonds. The van der Waals surface area contributed by atoms with Gasteiger partial charge in [0.1, 0.15) is 0 Å². The molecule has 0 aliphatic carbocycles. The van der Waals surface area contributed by atoms with Crippen molar-refractivity contribution in [3.63, 3.8) is 0 Å². The van der Waals surface area contributed by atoms with E-state index in [-0.39, 0.29) is 30.9 Å². The van der Waals surface area contributed by atoms with Crippen LogP contribution in [0.5, 0.6) is 0 Å². The van der Waals surface area contributed by atoms with Gasteiger partial charge in [0.05, 0.1) is 6.61 Å². The minimum Gasteiger partial charge on any atom is -0.343 e. The Morgan fingerprint density at radius 3 is 2.79 bits per heavy atom. The lowest BCUT2D eigenvalue weighted by Crippen LogP contribution is -2.43. The zero-order chi connectivity index (χ0) is 14.6. The van der Waals surface area contributed by atoms with Crippen LogP contribution in [0, 0.1) is 11.3 Å². The van der Waals surface area contributed by atoms with E-state index < -0.39 is 7.82 Å². The molecule has 0 radical (unpaired) electrons. The number of rotatable bonds is 5. The summed E-state index contributed by atoms with van der Waals surface area (Å²) in [5.74, 6) is 0.0903. The van der Waals surface area contributed by atoms with Gasteiger partial charge < -0.3 is 14.7 Å². The summed E-state index contributed by atoms with van der Waals surface area (Å²) < 4.78 is 14.8. The van der Waals surface area contributed by atoms with Crippen molar-refractivity contribution < 1.29 is 23.7 Å². The Bertz CT molecular complexity index is 401. The van der Waals surface area contributed by atoms with Crippen LogP contribution in [-0.2, 0) is 13.9 Å². The second-order valence-electron chi connectivity index (χ2n) is 4.30. The predicted octanol–water partition coefficient (Wildman–Crippen LogP) is 0.206. The van der Waals surface area contributed by atoms with Crippen LogP contribution in [0.15, 0.2) is 0 Å². The van der Waals surface area contributed by atoms with E-state index in [1.165, 1.54) is 9.80 Å². The number of hydrogen-bond acceptors (Lipinski definition) is 4. The number of phosphoric acid groups is 1. The highest BCUT2D eigenvalue weighted by Gasteiger charge is 2.32. The Balaban J connectivity index is 2.44. The number of phosphoric ester groups is 1. The van der Waals surface area contributed by atoms with E-state index in [9.17, 15) is 9.36 Å². The quantitative estimate of drug-likeness (QED) is 0.280. The Labute approximate surface area is 119 Å². The normalized spacial score (nSPS) is 19.9. The molecule has 0 aromatic rings. The second kappa shape index (κ2) is 6.81. The van der Waals surface area contributed by atoms with Gasteiger partial charge in [-0.15, -0.1) is 0 Å². The van der Waals surface area contributed by atoms with E-state index in [1.54, 1.807) is 7.05 Å². The largest absolute Gasteiger partial charge is 0.469 e. The van der Waals surface area contributed by atoms with Crippen LogP contribution < -0.4 is 0 Å². The highest BCUT2D eigenvalue weighted by molar-refractivity contribution is 9.09. The molecule has 10 heteroatoms. The van der Waals surface area contributed by atoms with E-state index >= 15 is 0 Å². The summed E-state index contributed by atoms with van der Waals surface area (Å²) in [5, 5.41) is 8.59. The van der Waals surface area contributed by atoms with Gasteiger partial charge >= 0.3 is 7.82 Å². The molecule has 0 saturated carbocycles. The molecule has 110 valence electrons. The van der Waals surface area contributed by atoms with E-state index in [2.05, 4.69) is 20.5 Å². The molecule has 8 nitrogen and oxygen atoms in total.